The number of aliphatic hydroxyl groups excluding tert-OH is 1. The van der Waals surface area contributed by atoms with Crippen molar-refractivity contribution in [3.05, 3.63) is 63.7 Å². The Bertz CT molecular complexity index is 1320. The number of phenols is 2. The second-order valence-electron chi connectivity index (χ2n) is 9.73. The van der Waals surface area contributed by atoms with Crippen molar-refractivity contribution in [2.45, 2.75) is 58.0 Å². The molecular weight excluding hydrogens is 496 g/mol. The Kier molecular flexibility index (Phi) is 7.48. The van der Waals surface area contributed by atoms with Crippen LogP contribution in [0.4, 0.5) is 0 Å². The molecule has 2 aromatic carbocycles. The smallest absolute Gasteiger partial charge is 0.331 e. The maximum Gasteiger partial charge on any atom is 0.331 e. The standard InChI is InChI=1S/C28H30O10/c1-12(2)6-21(32)38-27-20(37-14(4)29)11-36-28(26(27)34)22-16-7-13(3)8-18(30)23(16)25(33)24-17(22)9-15(35-5)10-19(24)31/h6-10,20,22,26-28,30-31,34H,11H2,1-5H3/t20-,22+,26+,27-,28-/m1/s1. The summed E-state index contributed by atoms with van der Waals surface area (Å²) in [5.74, 6) is -3.28. The number of aromatic hydroxyl groups is 2. The number of aryl methyl sites for hydroxylation is 1. The highest BCUT2D eigenvalue weighted by Crippen LogP contribution is 2.48. The Labute approximate surface area is 219 Å². The van der Waals surface area contributed by atoms with Crippen molar-refractivity contribution < 1.29 is 48.7 Å². The van der Waals surface area contributed by atoms with Crippen molar-refractivity contribution in [2.75, 3.05) is 13.7 Å². The molecule has 1 aliphatic carbocycles. The third-order valence-corrected chi connectivity index (χ3v) is 6.57. The van der Waals surface area contributed by atoms with Gasteiger partial charge in [0.15, 0.2) is 12.2 Å². The molecule has 3 N–H and O–H groups in total. The fourth-order valence-electron chi connectivity index (χ4n) is 5.13. The number of aliphatic hydroxyl groups is 1. The number of rotatable bonds is 5. The van der Waals surface area contributed by atoms with Crippen LogP contribution in [-0.2, 0) is 23.8 Å². The van der Waals surface area contributed by atoms with Gasteiger partial charge in [-0.05, 0) is 49.6 Å². The van der Waals surface area contributed by atoms with Crippen molar-refractivity contribution in [3.63, 3.8) is 0 Å². The van der Waals surface area contributed by atoms with Gasteiger partial charge in [-0.15, -0.1) is 0 Å². The predicted molar refractivity (Wildman–Crippen MR) is 133 cm³/mol. The number of esters is 2. The first-order valence-electron chi connectivity index (χ1n) is 12.0. The number of carbonyl (C=O) groups is 3. The number of methoxy groups -OCH3 is 1. The molecule has 0 radical (unpaired) electrons. The molecule has 10 nitrogen and oxygen atoms in total. The SMILES string of the molecule is COc1cc(O)c2c(c1)[C@@H]([C@H]1OC[C@@H](OC(C)=O)[C@@H](OC(=O)C=C(C)C)[C@@H]1O)c1cc(C)cc(O)c1C2=O. The Hall–Kier alpha value is -3.89. The average Bonchev–Trinajstić information content (AvgIpc) is 2.80. The van der Waals surface area contributed by atoms with Gasteiger partial charge in [-0.1, -0.05) is 11.6 Å². The highest BCUT2D eigenvalue weighted by atomic mass is 16.6. The van der Waals surface area contributed by atoms with Crippen molar-refractivity contribution in [3.8, 4) is 17.2 Å². The van der Waals surface area contributed by atoms with Gasteiger partial charge in [0.2, 0.25) is 5.78 Å². The lowest BCUT2D eigenvalue weighted by Gasteiger charge is -2.43. The normalized spacial score (nSPS) is 24.1. The number of ketones is 1. The third-order valence-electron chi connectivity index (χ3n) is 6.57. The zero-order chi connectivity index (χ0) is 27.9. The first-order valence-corrected chi connectivity index (χ1v) is 12.0. The fraction of sp³-hybridized carbons (Fsp3) is 0.393. The van der Waals surface area contributed by atoms with E-state index in [4.69, 9.17) is 18.9 Å². The van der Waals surface area contributed by atoms with Crippen LogP contribution in [0.25, 0.3) is 0 Å². The van der Waals surface area contributed by atoms with E-state index >= 15 is 0 Å². The summed E-state index contributed by atoms with van der Waals surface area (Å²) in [6.45, 7) is 6.11. The lowest BCUT2D eigenvalue weighted by atomic mass is 9.71. The Morgan fingerprint density at radius 2 is 1.63 bits per heavy atom. The number of hydrogen-bond acceptors (Lipinski definition) is 10. The van der Waals surface area contributed by atoms with Gasteiger partial charge in [-0.2, -0.15) is 0 Å². The summed E-state index contributed by atoms with van der Waals surface area (Å²) in [7, 11) is 1.40. The van der Waals surface area contributed by atoms with Gasteiger partial charge in [-0.25, -0.2) is 4.79 Å². The van der Waals surface area contributed by atoms with Crippen LogP contribution in [-0.4, -0.2) is 71.2 Å². The minimum absolute atomic E-state index is 0.0374. The van der Waals surface area contributed by atoms with E-state index in [1.807, 2.05) is 0 Å². The van der Waals surface area contributed by atoms with Gasteiger partial charge in [0.1, 0.15) is 23.4 Å². The van der Waals surface area contributed by atoms with E-state index in [9.17, 15) is 29.7 Å². The van der Waals surface area contributed by atoms with Crippen molar-refractivity contribution in [2.24, 2.45) is 0 Å². The lowest BCUT2D eigenvalue weighted by Crippen LogP contribution is -2.58. The molecular formula is C28H30O10. The largest absolute Gasteiger partial charge is 0.507 e. The van der Waals surface area contributed by atoms with Crippen LogP contribution >= 0.6 is 0 Å². The maximum atomic E-state index is 13.5. The van der Waals surface area contributed by atoms with Crippen LogP contribution in [0, 0.1) is 6.92 Å². The molecule has 5 atom stereocenters. The molecule has 0 bridgehead atoms. The summed E-state index contributed by atoms with van der Waals surface area (Å²) in [5, 5.41) is 33.1. The van der Waals surface area contributed by atoms with E-state index in [0.29, 0.717) is 22.3 Å². The van der Waals surface area contributed by atoms with Gasteiger partial charge in [0, 0.05) is 25.0 Å². The molecule has 2 aliphatic rings. The molecule has 2 aromatic rings. The minimum Gasteiger partial charge on any atom is -0.507 e. The summed E-state index contributed by atoms with van der Waals surface area (Å²) in [6, 6.07) is 5.95. The van der Waals surface area contributed by atoms with Crippen molar-refractivity contribution in [1.82, 2.24) is 0 Å². The van der Waals surface area contributed by atoms with Gasteiger partial charge in [-0.3, -0.25) is 9.59 Å². The van der Waals surface area contributed by atoms with Gasteiger partial charge in [0.05, 0.1) is 30.9 Å². The number of allylic oxidation sites excluding steroid dienone is 1. The molecule has 202 valence electrons. The summed E-state index contributed by atoms with van der Waals surface area (Å²) in [5.41, 5.74) is 1.86. The Morgan fingerprint density at radius 3 is 2.24 bits per heavy atom. The predicted octanol–water partition coefficient (Wildman–Crippen LogP) is 2.66. The van der Waals surface area contributed by atoms with Crippen LogP contribution in [0.3, 0.4) is 0 Å². The van der Waals surface area contributed by atoms with Gasteiger partial charge in [0.25, 0.3) is 0 Å². The highest BCUT2D eigenvalue weighted by molar-refractivity contribution is 6.16. The number of carbonyl (C=O) groups excluding carboxylic acids is 3. The van der Waals surface area contributed by atoms with E-state index in [1.165, 1.54) is 32.2 Å². The zero-order valence-corrected chi connectivity index (χ0v) is 21.7. The quantitative estimate of drug-likeness (QED) is 0.392. The first-order chi connectivity index (χ1) is 17.9. The number of benzene rings is 2. The number of fused-ring (bicyclic) bond motifs is 2. The van der Waals surface area contributed by atoms with Crippen LogP contribution in [0.1, 0.15) is 59.3 Å². The molecule has 38 heavy (non-hydrogen) atoms. The van der Waals surface area contributed by atoms with Crippen molar-refractivity contribution in [1.29, 1.82) is 0 Å². The Balaban J connectivity index is 1.87. The molecule has 0 saturated carbocycles. The topological polar surface area (TPSA) is 149 Å². The second kappa shape index (κ2) is 10.5. The van der Waals surface area contributed by atoms with Crippen LogP contribution in [0.5, 0.6) is 17.2 Å². The molecule has 0 spiro atoms. The summed E-state index contributed by atoms with van der Waals surface area (Å²) in [6.07, 6.45) is -3.82. The minimum atomic E-state index is -1.53. The second-order valence-corrected chi connectivity index (χ2v) is 9.73. The summed E-state index contributed by atoms with van der Waals surface area (Å²) in [4.78, 5) is 37.7. The van der Waals surface area contributed by atoms with Gasteiger partial charge < -0.3 is 34.3 Å². The highest BCUT2D eigenvalue weighted by Gasteiger charge is 2.50. The molecule has 1 fully saturated rings. The van der Waals surface area contributed by atoms with Crippen LogP contribution in [0.2, 0.25) is 0 Å². The fourth-order valence-corrected chi connectivity index (χ4v) is 5.13. The van der Waals surface area contributed by atoms with E-state index < -0.39 is 48.1 Å². The van der Waals surface area contributed by atoms with Crippen LogP contribution in [0.15, 0.2) is 35.9 Å². The van der Waals surface area contributed by atoms with Crippen LogP contribution < -0.4 is 4.74 Å². The van der Waals surface area contributed by atoms with Crippen molar-refractivity contribution >= 4 is 17.7 Å². The first kappa shape index (κ1) is 27.2. The van der Waals surface area contributed by atoms with Gasteiger partial charge >= 0.3 is 11.9 Å². The molecule has 1 aliphatic heterocycles. The molecule has 1 heterocycles. The molecule has 0 unspecified atom stereocenters. The number of hydrogen-bond donors (Lipinski definition) is 3. The molecule has 10 heteroatoms. The number of phenolic OH excluding ortho intramolecular Hbond substituents is 2. The average molecular weight is 527 g/mol. The Morgan fingerprint density at radius 1 is 1.00 bits per heavy atom. The maximum absolute atomic E-state index is 13.5. The zero-order valence-electron chi connectivity index (χ0n) is 21.7. The molecule has 4 rings (SSSR count). The lowest BCUT2D eigenvalue weighted by molar-refractivity contribution is -0.217. The van der Waals surface area contributed by atoms with E-state index in [-0.39, 0.29) is 35.0 Å². The molecule has 0 aromatic heterocycles. The van der Waals surface area contributed by atoms with E-state index in [2.05, 4.69) is 0 Å². The molecule has 1 saturated heterocycles. The summed E-state index contributed by atoms with van der Waals surface area (Å²) >= 11 is 0. The van der Waals surface area contributed by atoms with E-state index in [1.54, 1.807) is 32.9 Å². The third kappa shape index (κ3) is 4.97. The summed E-state index contributed by atoms with van der Waals surface area (Å²) < 4.78 is 22.2. The van der Waals surface area contributed by atoms with E-state index in [0.717, 1.165) is 0 Å². The molecule has 0 amide bonds. The number of ether oxygens (including phenoxy) is 4. The monoisotopic (exact) mass is 526 g/mol.